The lowest BCUT2D eigenvalue weighted by Gasteiger charge is -2.47. The minimum atomic E-state index is -0.198. The largest absolute Gasteiger partial charge is 0.346 e. The van der Waals surface area contributed by atoms with Crippen molar-refractivity contribution in [3.8, 4) is 0 Å². The molecule has 208 valence electrons. The van der Waals surface area contributed by atoms with Gasteiger partial charge >= 0.3 is 0 Å². The summed E-state index contributed by atoms with van der Waals surface area (Å²) < 4.78 is 0. The number of allylic oxidation sites excluding steroid dienone is 2. The van der Waals surface area contributed by atoms with Gasteiger partial charge in [-0.05, 0) is 59.5 Å². The average molecular weight is 559 g/mol. The van der Waals surface area contributed by atoms with Crippen molar-refractivity contribution in [2.24, 2.45) is 5.41 Å². The summed E-state index contributed by atoms with van der Waals surface area (Å²) in [4.78, 5) is 19.1. The Bertz CT molecular complexity index is 2020. The highest BCUT2D eigenvalue weighted by Crippen LogP contribution is 2.81. The second kappa shape index (κ2) is 7.45. The number of hydrogen-bond donors (Lipinski definition) is 0. The molecule has 0 N–H and O–H groups in total. The Balaban J connectivity index is 1.34. The molecule has 7 aliphatic rings. The number of aromatic nitrogens is 2. The van der Waals surface area contributed by atoms with E-state index >= 15 is 0 Å². The molecule has 4 atom stereocenters. The number of hydrogen-bond acceptors (Lipinski definition) is 6. The summed E-state index contributed by atoms with van der Waals surface area (Å²) in [6.07, 6.45) is 8.64. The van der Waals surface area contributed by atoms with Crippen LogP contribution in [-0.2, 0) is 11.8 Å². The topological polar surface area (TPSA) is 38.7 Å². The number of benzene rings is 3. The van der Waals surface area contributed by atoms with Gasteiger partial charge in [0, 0.05) is 40.4 Å². The maximum Gasteiger partial charge on any atom is 0.162 e. The monoisotopic (exact) mass is 558 g/mol. The third-order valence-electron chi connectivity index (χ3n) is 11.1. The molecule has 1 aliphatic carbocycles. The lowest BCUT2D eigenvalue weighted by Crippen LogP contribution is -2.54. The molecule has 4 aromatic rings. The number of para-hydroxylation sites is 2. The maximum absolute atomic E-state index is 4.80. The van der Waals surface area contributed by atoms with E-state index < -0.39 is 0 Å². The summed E-state index contributed by atoms with van der Waals surface area (Å²) in [7, 11) is 2.19. The first-order chi connectivity index (χ1) is 21.1. The zero-order valence-electron chi connectivity index (χ0n) is 24.2. The summed E-state index contributed by atoms with van der Waals surface area (Å²) in [5.41, 5.74) is 13.5. The molecule has 2 bridgehead atoms. The van der Waals surface area contributed by atoms with Crippen LogP contribution in [0.15, 0.2) is 128 Å². The van der Waals surface area contributed by atoms with Crippen LogP contribution in [0.5, 0.6) is 0 Å². The molecule has 43 heavy (non-hydrogen) atoms. The minimum Gasteiger partial charge on any atom is -0.346 e. The van der Waals surface area contributed by atoms with Gasteiger partial charge in [-0.3, -0.25) is 4.90 Å². The van der Waals surface area contributed by atoms with E-state index in [1.165, 1.54) is 44.9 Å². The third-order valence-corrected chi connectivity index (χ3v) is 11.1. The van der Waals surface area contributed by atoms with E-state index in [0.717, 1.165) is 29.3 Å². The molecule has 4 unspecified atom stereocenters. The van der Waals surface area contributed by atoms with Crippen molar-refractivity contribution in [1.29, 1.82) is 0 Å². The zero-order valence-corrected chi connectivity index (χ0v) is 24.2. The molecule has 1 fully saturated rings. The molecule has 1 spiro atoms. The highest BCUT2D eigenvalue weighted by Gasteiger charge is 2.81. The van der Waals surface area contributed by atoms with Crippen molar-refractivity contribution >= 4 is 34.1 Å². The fourth-order valence-corrected chi connectivity index (χ4v) is 9.52. The lowest BCUT2D eigenvalue weighted by molar-refractivity contribution is 0.335. The van der Waals surface area contributed by atoms with Crippen LogP contribution in [0.3, 0.4) is 0 Å². The molecular weight excluding hydrogens is 528 g/mol. The van der Waals surface area contributed by atoms with Gasteiger partial charge in [-0.25, -0.2) is 9.97 Å². The second-order valence-electron chi connectivity index (χ2n) is 12.6. The van der Waals surface area contributed by atoms with Crippen LogP contribution < -0.4 is 19.6 Å². The smallest absolute Gasteiger partial charge is 0.162 e. The van der Waals surface area contributed by atoms with Crippen LogP contribution in [0, 0.1) is 5.41 Å². The quantitative estimate of drug-likeness (QED) is 0.266. The third kappa shape index (κ3) is 2.36. The van der Waals surface area contributed by atoms with Crippen LogP contribution >= 0.6 is 0 Å². The van der Waals surface area contributed by atoms with Crippen LogP contribution in [0.25, 0.3) is 5.57 Å². The number of fused-ring (bicyclic) bond motifs is 10. The molecule has 3 aromatic carbocycles. The van der Waals surface area contributed by atoms with Crippen molar-refractivity contribution in [3.05, 3.63) is 144 Å². The first-order valence-corrected chi connectivity index (χ1v) is 15.0. The lowest BCUT2D eigenvalue weighted by atomic mass is 9.76. The van der Waals surface area contributed by atoms with Gasteiger partial charge in [0.15, 0.2) is 5.82 Å². The number of rotatable bonds is 2. The van der Waals surface area contributed by atoms with Gasteiger partial charge in [0.05, 0.1) is 23.3 Å². The maximum atomic E-state index is 4.80. The highest BCUT2D eigenvalue weighted by molar-refractivity contribution is 6.03. The molecule has 7 heterocycles. The van der Waals surface area contributed by atoms with E-state index in [9.17, 15) is 0 Å². The summed E-state index contributed by atoms with van der Waals surface area (Å²) in [6.45, 7) is 11.1. The fourth-order valence-electron chi connectivity index (χ4n) is 9.52. The first-order valence-electron chi connectivity index (χ1n) is 15.0. The molecule has 1 saturated carbocycles. The Morgan fingerprint density at radius 3 is 2.35 bits per heavy atom. The number of likely N-dealkylation sites (N-methyl/N-ethyl adjacent to an activating group) is 1. The Morgan fingerprint density at radius 2 is 1.56 bits per heavy atom. The molecule has 11 rings (SSSR count). The van der Waals surface area contributed by atoms with Crippen molar-refractivity contribution < 1.29 is 0 Å². The van der Waals surface area contributed by atoms with Gasteiger partial charge in [0.1, 0.15) is 24.3 Å². The van der Waals surface area contributed by atoms with Gasteiger partial charge < -0.3 is 14.7 Å². The van der Waals surface area contributed by atoms with Gasteiger partial charge in [-0.2, -0.15) is 0 Å². The molecule has 0 radical (unpaired) electrons. The van der Waals surface area contributed by atoms with Gasteiger partial charge in [0.2, 0.25) is 0 Å². The molecule has 6 heteroatoms. The van der Waals surface area contributed by atoms with Crippen LogP contribution in [0.1, 0.15) is 23.6 Å². The molecule has 0 amide bonds. The van der Waals surface area contributed by atoms with E-state index in [2.05, 4.69) is 125 Å². The van der Waals surface area contributed by atoms with Crippen LogP contribution in [-0.4, -0.2) is 29.3 Å². The number of nitrogens with zero attached hydrogens (tertiary/aromatic N) is 6. The predicted molar refractivity (Wildman–Crippen MR) is 172 cm³/mol. The summed E-state index contributed by atoms with van der Waals surface area (Å²) in [5, 5.41) is 0. The van der Waals surface area contributed by atoms with Crippen molar-refractivity contribution in [1.82, 2.24) is 9.97 Å². The van der Waals surface area contributed by atoms with Crippen molar-refractivity contribution in [3.63, 3.8) is 0 Å². The van der Waals surface area contributed by atoms with E-state index in [0.29, 0.717) is 0 Å². The normalized spacial score (nSPS) is 29.8. The number of anilines is 5. The summed E-state index contributed by atoms with van der Waals surface area (Å²) >= 11 is 0. The van der Waals surface area contributed by atoms with Crippen LogP contribution in [0.4, 0.5) is 28.6 Å². The Morgan fingerprint density at radius 1 is 0.837 bits per heavy atom. The molecular formula is C37H30N6. The SMILES string of the molecule is C=CC1=C(C=C)N2c3ccccc3C3(C)/C(=C4\c5ccccc5N5c6ncncc6N(C)C45)C34Cc3ccc(cc3)N1C24. The van der Waals surface area contributed by atoms with E-state index in [1.807, 2.05) is 18.3 Å². The molecule has 6 aliphatic heterocycles. The van der Waals surface area contributed by atoms with E-state index in [-0.39, 0.29) is 23.2 Å². The van der Waals surface area contributed by atoms with Gasteiger partial charge in [-0.1, -0.05) is 68.6 Å². The minimum absolute atomic E-state index is 0.00318. The first kappa shape index (κ1) is 23.5. The second-order valence-corrected chi connectivity index (χ2v) is 12.6. The fraction of sp³-hybridized carbons (Fsp3) is 0.189. The van der Waals surface area contributed by atoms with Gasteiger partial charge in [-0.15, -0.1) is 0 Å². The molecule has 6 nitrogen and oxygen atoms in total. The van der Waals surface area contributed by atoms with E-state index in [1.54, 1.807) is 6.33 Å². The highest BCUT2D eigenvalue weighted by atomic mass is 15.5. The average Bonchev–Trinajstić information content (AvgIpc) is 3.31. The zero-order chi connectivity index (χ0) is 28.8. The molecule has 0 saturated heterocycles. The Hall–Kier alpha value is -5.10. The standard InChI is InChI=1S/C37H30N6/c1-5-26-27(6-2)42-29-14-10-8-12-25(29)36(3)32(37(36)19-22-15-17-23(18-16-22)41(26)35(37)42)31-24-11-7-9-13-28(24)43-33-30(20-38-21-39-33)40(4)34(31)43/h5-18,20-21,34-35H,1-2,19H2,3-4H3/b32-31-. The van der Waals surface area contributed by atoms with E-state index in [4.69, 9.17) is 4.98 Å². The predicted octanol–water partition coefficient (Wildman–Crippen LogP) is 6.92. The molecule has 1 aromatic heterocycles. The van der Waals surface area contributed by atoms with Crippen LogP contribution in [0.2, 0.25) is 0 Å². The van der Waals surface area contributed by atoms with Crippen molar-refractivity contribution in [2.45, 2.75) is 31.1 Å². The van der Waals surface area contributed by atoms with Gasteiger partial charge in [0.25, 0.3) is 0 Å². The Labute approximate surface area is 251 Å². The van der Waals surface area contributed by atoms with Crippen molar-refractivity contribution in [2.75, 3.05) is 26.6 Å². The summed E-state index contributed by atoms with van der Waals surface area (Å²) in [6, 6.07) is 27.1. The summed E-state index contributed by atoms with van der Waals surface area (Å²) in [5.74, 6) is 0.971. The Kier molecular flexibility index (Phi) is 4.06.